The van der Waals surface area contributed by atoms with E-state index in [9.17, 15) is 10.1 Å². The van der Waals surface area contributed by atoms with Crippen LogP contribution in [0.5, 0.6) is 0 Å². The maximum absolute atomic E-state index is 11.2. The fourth-order valence-corrected chi connectivity index (χ4v) is 2.11. The van der Waals surface area contributed by atoms with Gasteiger partial charge in [-0.2, -0.15) is 0 Å². The van der Waals surface area contributed by atoms with E-state index in [0.29, 0.717) is 25.5 Å². The summed E-state index contributed by atoms with van der Waals surface area (Å²) in [6, 6.07) is 0. The second kappa shape index (κ2) is 5.79. The van der Waals surface area contributed by atoms with Gasteiger partial charge in [-0.05, 0) is 6.42 Å². The topological polar surface area (TPSA) is 93.4 Å². The number of hydrogen-bond donors (Lipinski definition) is 1. The van der Waals surface area contributed by atoms with Gasteiger partial charge in [0.05, 0.1) is 17.6 Å². The molecule has 1 aromatic heterocycles. The van der Waals surface area contributed by atoms with Crippen LogP contribution in [0.25, 0.3) is 0 Å². The molecule has 0 saturated carbocycles. The zero-order valence-corrected chi connectivity index (χ0v) is 11.0. The highest BCUT2D eigenvalue weighted by atomic mass is 16.6. The number of nitrogens with zero attached hydrogens (tertiary/aromatic N) is 4. The predicted octanol–water partition coefficient (Wildman–Crippen LogP) is 1.04. The Hall–Kier alpha value is -1.96. The highest BCUT2D eigenvalue weighted by Gasteiger charge is 2.29. The third kappa shape index (κ3) is 2.73. The highest BCUT2D eigenvalue weighted by Crippen LogP contribution is 2.32. The van der Waals surface area contributed by atoms with Crippen molar-refractivity contribution in [2.75, 3.05) is 37.0 Å². The first-order chi connectivity index (χ1) is 9.17. The Morgan fingerprint density at radius 2 is 2.42 bits per heavy atom. The Balaban J connectivity index is 2.35. The Bertz CT molecular complexity index is 468. The number of aromatic nitrogens is 2. The van der Waals surface area contributed by atoms with Crippen LogP contribution in [0.3, 0.4) is 0 Å². The molecule has 19 heavy (non-hydrogen) atoms. The summed E-state index contributed by atoms with van der Waals surface area (Å²) in [6.45, 7) is 3.78. The van der Waals surface area contributed by atoms with E-state index in [1.54, 1.807) is 7.05 Å². The molecule has 2 rings (SSSR count). The molecular weight excluding hydrogens is 250 g/mol. The second-order valence-corrected chi connectivity index (χ2v) is 4.25. The van der Waals surface area contributed by atoms with Gasteiger partial charge in [-0.25, -0.2) is 9.97 Å². The van der Waals surface area contributed by atoms with E-state index in [1.165, 1.54) is 6.33 Å². The molecule has 1 fully saturated rings. The molecule has 1 unspecified atom stereocenters. The normalized spacial score (nSPS) is 19.3. The van der Waals surface area contributed by atoms with E-state index >= 15 is 0 Å². The fourth-order valence-electron chi connectivity index (χ4n) is 2.11. The summed E-state index contributed by atoms with van der Waals surface area (Å²) >= 11 is 0. The monoisotopic (exact) mass is 267 g/mol. The number of nitro groups is 1. The van der Waals surface area contributed by atoms with Crippen LogP contribution in [0.15, 0.2) is 6.33 Å². The zero-order chi connectivity index (χ0) is 13.8. The van der Waals surface area contributed by atoms with Crippen molar-refractivity contribution in [3.63, 3.8) is 0 Å². The Morgan fingerprint density at radius 3 is 3.05 bits per heavy atom. The molecule has 2 heterocycles. The number of ether oxygens (including phenoxy) is 1. The SMILES string of the molecule is CCC1CN(c2ncnc(NC)c2[N+](=O)[O-])CCO1. The lowest BCUT2D eigenvalue weighted by Crippen LogP contribution is -2.43. The molecule has 0 radical (unpaired) electrons. The van der Waals surface area contributed by atoms with Crippen LogP contribution < -0.4 is 10.2 Å². The number of hydrogen-bond acceptors (Lipinski definition) is 7. The molecule has 1 atom stereocenters. The molecular formula is C11H17N5O3. The van der Waals surface area contributed by atoms with Crippen LogP contribution in [0, 0.1) is 10.1 Å². The van der Waals surface area contributed by atoms with Crippen molar-refractivity contribution in [2.45, 2.75) is 19.4 Å². The molecule has 1 N–H and O–H groups in total. The first-order valence-corrected chi connectivity index (χ1v) is 6.21. The quantitative estimate of drug-likeness (QED) is 0.643. The molecule has 0 bridgehead atoms. The minimum atomic E-state index is -0.447. The summed E-state index contributed by atoms with van der Waals surface area (Å²) in [5, 5.41) is 14.0. The Labute approximate surface area is 110 Å². The van der Waals surface area contributed by atoms with E-state index in [2.05, 4.69) is 15.3 Å². The summed E-state index contributed by atoms with van der Waals surface area (Å²) in [6.07, 6.45) is 2.29. The van der Waals surface area contributed by atoms with Crippen LogP contribution in [0.1, 0.15) is 13.3 Å². The minimum absolute atomic E-state index is 0.0817. The van der Waals surface area contributed by atoms with Gasteiger partial charge in [-0.15, -0.1) is 0 Å². The highest BCUT2D eigenvalue weighted by molar-refractivity contribution is 5.70. The third-order valence-corrected chi connectivity index (χ3v) is 3.12. The van der Waals surface area contributed by atoms with Gasteiger partial charge >= 0.3 is 5.69 Å². The van der Waals surface area contributed by atoms with Crippen molar-refractivity contribution in [3.05, 3.63) is 16.4 Å². The maximum atomic E-state index is 11.2. The van der Waals surface area contributed by atoms with E-state index in [4.69, 9.17) is 4.74 Å². The average Bonchev–Trinajstić information content (AvgIpc) is 2.46. The van der Waals surface area contributed by atoms with Crippen molar-refractivity contribution < 1.29 is 9.66 Å². The number of nitrogens with one attached hydrogen (secondary N) is 1. The van der Waals surface area contributed by atoms with Gasteiger partial charge in [0.15, 0.2) is 0 Å². The average molecular weight is 267 g/mol. The molecule has 8 heteroatoms. The van der Waals surface area contributed by atoms with Gasteiger partial charge in [0.2, 0.25) is 11.6 Å². The predicted molar refractivity (Wildman–Crippen MR) is 70.5 cm³/mol. The van der Waals surface area contributed by atoms with Crippen LogP contribution in [0.4, 0.5) is 17.3 Å². The van der Waals surface area contributed by atoms with Crippen molar-refractivity contribution in [3.8, 4) is 0 Å². The summed E-state index contributed by atoms with van der Waals surface area (Å²) in [7, 11) is 1.60. The van der Waals surface area contributed by atoms with Crippen molar-refractivity contribution in [1.82, 2.24) is 9.97 Å². The van der Waals surface area contributed by atoms with E-state index in [1.807, 2.05) is 11.8 Å². The summed E-state index contributed by atoms with van der Waals surface area (Å²) in [5.41, 5.74) is -0.0817. The van der Waals surface area contributed by atoms with Gasteiger partial charge in [0.1, 0.15) is 6.33 Å². The van der Waals surface area contributed by atoms with Crippen LogP contribution in [-0.2, 0) is 4.74 Å². The van der Waals surface area contributed by atoms with Crippen molar-refractivity contribution in [2.24, 2.45) is 0 Å². The molecule has 0 spiro atoms. The van der Waals surface area contributed by atoms with Crippen molar-refractivity contribution >= 4 is 17.3 Å². The number of rotatable bonds is 4. The lowest BCUT2D eigenvalue weighted by Gasteiger charge is -2.32. The number of morpholine rings is 1. The Morgan fingerprint density at radius 1 is 1.63 bits per heavy atom. The molecule has 0 aromatic carbocycles. The standard InChI is InChI=1S/C11H17N5O3/c1-3-8-6-15(4-5-19-8)11-9(16(17)18)10(12-2)13-7-14-11/h7-8H,3-6H2,1-2H3,(H,12,13,14). The molecule has 104 valence electrons. The van der Waals surface area contributed by atoms with Gasteiger partial charge in [-0.1, -0.05) is 6.92 Å². The molecule has 1 aromatic rings. The lowest BCUT2D eigenvalue weighted by molar-refractivity contribution is -0.383. The van der Waals surface area contributed by atoms with E-state index in [-0.39, 0.29) is 17.6 Å². The molecule has 8 nitrogen and oxygen atoms in total. The summed E-state index contributed by atoms with van der Waals surface area (Å²) in [5.74, 6) is 0.584. The fraction of sp³-hybridized carbons (Fsp3) is 0.636. The Kier molecular flexibility index (Phi) is 4.10. The second-order valence-electron chi connectivity index (χ2n) is 4.25. The smallest absolute Gasteiger partial charge is 0.353 e. The summed E-state index contributed by atoms with van der Waals surface area (Å²) < 4.78 is 5.57. The van der Waals surface area contributed by atoms with Gasteiger partial charge < -0.3 is 15.0 Å². The van der Waals surface area contributed by atoms with E-state index in [0.717, 1.165) is 6.42 Å². The van der Waals surface area contributed by atoms with Crippen molar-refractivity contribution in [1.29, 1.82) is 0 Å². The minimum Gasteiger partial charge on any atom is -0.375 e. The van der Waals surface area contributed by atoms with E-state index < -0.39 is 4.92 Å². The molecule has 0 amide bonds. The summed E-state index contributed by atoms with van der Waals surface area (Å²) in [4.78, 5) is 20.6. The molecule has 1 saturated heterocycles. The maximum Gasteiger partial charge on any atom is 0.353 e. The van der Waals surface area contributed by atoms with Gasteiger partial charge in [-0.3, -0.25) is 10.1 Å². The van der Waals surface area contributed by atoms with Crippen LogP contribution in [-0.4, -0.2) is 47.7 Å². The zero-order valence-electron chi connectivity index (χ0n) is 11.0. The first kappa shape index (κ1) is 13.5. The largest absolute Gasteiger partial charge is 0.375 e. The number of anilines is 2. The van der Waals surface area contributed by atoms with Crippen LogP contribution >= 0.6 is 0 Å². The first-order valence-electron chi connectivity index (χ1n) is 6.21. The third-order valence-electron chi connectivity index (χ3n) is 3.12. The van der Waals surface area contributed by atoms with Crippen LogP contribution in [0.2, 0.25) is 0 Å². The lowest BCUT2D eigenvalue weighted by atomic mass is 10.2. The molecule has 1 aliphatic rings. The van der Waals surface area contributed by atoms with Gasteiger partial charge in [0.25, 0.3) is 0 Å². The molecule has 1 aliphatic heterocycles. The van der Waals surface area contributed by atoms with Gasteiger partial charge in [0, 0.05) is 20.1 Å². The molecule has 0 aliphatic carbocycles.